The van der Waals surface area contributed by atoms with Gasteiger partial charge in [-0.05, 0) is 48.5 Å². The van der Waals surface area contributed by atoms with E-state index >= 15 is 0 Å². The van der Waals surface area contributed by atoms with Crippen LogP contribution in [0.2, 0.25) is 5.04 Å². The Morgan fingerprint density at radius 2 is 1.65 bits per heavy atom. The number of rotatable bonds is 7. The summed E-state index contributed by atoms with van der Waals surface area (Å²) >= 11 is 2.29. The van der Waals surface area contributed by atoms with Gasteiger partial charge in [0.25, 0.3) is 8.32 Å². The molecule has 1 fully saturated rings. The molecule has 3 rings (SSSR count). The molecule has 1 N–H and O–H groups in total. The number of carbonyl (C=O) groups is 1. The maximum Gasteiger partial charge on any atom is 0.407 e. The zero-order valence-corrected chi connectivity index (χ0v) is 22.1. The predicted molar refractivity (Wildman–Crippen MR) is 138 cm³/mol. The maximum absolute atomic E-state index is 12.1. The lowest BCUT2D eigenvalue weighted by atomic mass is 9.98. The lowest BCUT2D eigenvalue weighted by Crippen LogP contribution is -2.67. The van der Waals surface area contributed by atoms with Gasteiger partial charge in [-0.3, -0.25) is 0 Å². The van der Waals surface area contributed by atoms with E-state index in [1.54, 1.807) is 0 Å². The van der Waals surface area contributed by atoms with Gasteiger partial charge >= 0.3 is 6.09 Å². The first-order valence-corrected chi connectivity index (χ1v) is 13.7. The number of carbonyl (C=O) groups excluding carboxylic acids is 1. The summed E-state index contributed by atoms with van der Waals surface area (Å²) < 4.78 is 13.8. The number of ether oxygens (including phenoxy) is 1. The Morgan fingerprint density at radius 1 is 1.13 bits per heavy atom. The van der Waals surface area contributed by atoms with Crippen molar-refractivity contribution in [1.29, 1.82) is 0 Å². The first-order chi connectivity index (χ1) is 14.6. The molecule has 2 aromatic rings. The molecule has 3 atom stereocenters. The van der Waals surface area contributed by atoms with Gasteiger partial charge in [-0.2, -0.15) is 0 Å². The van der Waals surface area contributed by atoms with Crippen LogP contribution in [0.25, 0.3) is 0 Å². The van der Waals surface area contributed by atoms with E-state index in [1.807, 2.05) is 12.1 Å². The van der Waals surface area contributed by atoms with Crippen molar-refractivity contribution in [2.24, 2.45) is 5.92 Å². The summed E-state index contributed by atoms with van der Waals surface area (Å²) in [7, 11) is -2.66. The molecule has 0 spiro atoms. The monoisotopic (exact) mass is 549 g/mol. The Balaban J connectivity index is 2.00. The highest BCUT2D eigenvalue weighted by Gasteiger charge is 2.51. The Kier molecular flexibility index (Phi) is 7.65. The second kappa shape index (κ2) is 9.88. The Hall–Kier alpha value is -1.64. The highest BCUT2D eigenvalue weighted by Crippen LogP contribution is 2.37. The summed E-state index contributed by atoms with van der Waals surface area (Å²) in [4.78, 5) is 12.1. The molecule has 4 nitrogen and oxygen atoms in total. The number of allylic oxidation sites excluding steroid dienone is 1. The lowest BCUT2D eigenvalue weighted by Gasteiger charge is -2.43. The van der Waals surface area contributed by atoms with Crippen molar-refractivity contribution in [1.82, 2.24) is 5.32 Å². The van der Waals surface area contributed by atoms with Gasteiger partial charge in [0.2, 0.25) is 0 Å². The smallest absolute Gasteiger partial charge is 0.407 e. The van der Waals surface area contributed by atoms with Crippen LogP contribution in [0.1, 0.15) is 34.6 Å². The summed E-state index contributed by atoms with van der Waals surface area (Å²) in [5, 5.41) is 5.33. The molecule has 1 aliphatic rings. The van der Waals surface area contributed by atoms with Gasteiger partial charge in [-0.25, -0.2) is 4.79 Å². The van der Waals surface area contributed by atoms with Crippen LogP contribution in [-0.4, -0.2) is 33.2 Å². The van der Waals surface area contributed by atoms with E-state index in [0.29, 0.717) is 6.61 Å². The van der Waals surface area contributed by atoms with Crippen molar-refractivity contribution in [3.8, 4) is 0 Å². The van der Waals surface area contributed by atoms with Crippen molar-refractivity contribution >= 4 is 47.4 Å². The van der Waals surface area contributed by atoms with Crippen molar-refractivity contribution in [3.05, 3.63) is 70.3 Å². The fourth-order valence-corrected chi connectivity index (χ4v) is 9.67. The quantitative estimate of drug-likeness (QED) is 0.390. The lowest BCUT2D eigenvalue weighted by molar-refractivity contribution is 0.0979. The third-order valence-electron chi connectivity index (χ3n) is 5.85. The molecule has 0 radical (unpaired) electrons. The molecule has 166 valence electrons. The Labute approximate surface area is 200 Å². The van der Waals surface area contributed by atoms with Crippen LogP contribution < -0.4 is 15.7 Å². The number of hydrogen-bond acceptors (Lipinski definition) is 3. The molecule has 1 amide bonds. The zero-order valence-electron chi connectivity index (χ0n) is 18.9. The maximum atomic E-state index is 12.1. The average molecular weight is 550 g/mol. The number of nitrogens with one attached hydrogen (secondary N) is 1. The van der Waals surface area contributed by atoms with Gasteiger partial charge in [0, 0.05) is 5.92 Å². The fraction of sp³-hybridized carbons (Fsp3) is 0.400. The molecular formula is C25H32INO3Si. The molecule has 0 saturated carbocycles. The predicted octanol–water partition coefficient (Wildman–Crippen LogP) is 5.01. The van der Waals surface area contributed by atoms with Crippen molar-refractivity contribution < 1.29 is 14.0 Å². The number of cyclic esters (lactones) is 1. The fourth-order valence-electron chi connectivity index (χ4n) is 4.52. The summed E-state index contributed by atoms with van der Waals surface area (Å²) in [5.41, 5.74) is 0. The highest BCUT2D eigenvalue weighted by atomic mass is 127. The van der Waals surface area contributed by atoms with Gasteiger partial charge < -0.3 is 14.5 Å². The highest BCUT2D eigenvalue weighted by molar-refractivity contribution is 14.1. The average Bonchev–Trinajstić information content (AvgIpc) is 3.09. The molecule has 0 aliphatic carbocycles. The second-order valence-electron chi connectivity index (χ2n) is 9.21. The largest absolute Gasteiger partial charge is 0.443 e. The van der Waals surface area contributed by atoms with E-state index in [9.17, 15) is 4.79 Å². The second-order valence-corrected chi connectivity index (χ2v) is 15.2. The molecule has 31 heavy (non-hydrogen) atoms. The molecule has 6 heteroatoms. The number of alkyl carbamates (subject to hydrolysis) is 1. The number of benzene rings is 2. The summed E-state index contributed by atoms with van der Waals surface area (Å²) in [6, 6.07) is 20.9. The van der Waals surface area contributed by atoms with E-state index in [2.05, 4.69) is 117 Å². The van der Waals surface area contributed by atoms with Crippen LogP contribution in [0.5, 0.6) is 0 Å². The Morgan fingerprint density at radius 3 is 2.10 bits per heavy atom. The van der Waals surface area contributed by atoms with E-state index < -0.39 is 8.32 Å². The molecule has 0 bridgehead atoms. The van der Waals surface area contributed by atoms with Crippen LogP contribution >= 0.6 is 22.6 Å². The van der Waals surface area contributed by atoms with Crippen LogP contribution in [-0.2, 0) is 9.16 Å². The molecule has 2 aromatic carbocycles. The first kappa shape index (κ1) is 24.0. The molecule has 1 aliphatic heterocycles. The van der Waals surface area contributed by atoms with Crippen LogP contribution in [0, 0.1) is 5.92 Å². The molecule has 0 unspecified atom stereocenters. The summed E-state index contributed by atoms with van der Waals surface area (Å²) in [6.07, 6.45) is 1.52. The minimum atomic E-state index is -2.66. The van der Waals surface area contributed by atoms with E-state index in [-0.39, 0.29) is 29.2 Å². The molecule has 1 saturated heterocycles. The summed E-state index contributed by atoms with van der Waals surface area (Å²) in [5.74, 6) is 0.101. The van der Waals surface area contributed by atoms with E-state index in [1.165, 1.54) is 14.0 Å². The van der Waals surface area contributed by atoms with E-state index in [4.69, 9.17) is 9.16 Å². The zero-order chi connectivity index (χ0) is 22.6. The van der Waals surface area contributed by atoms with Crippen molar-refractivity contribution in [2.45, 2.75) is 51.8 Å². The number of hydrogen-bond donors (Lipinski definition) is 1. The van der Waals surface area contributed by atoms with Crippen LogP contribution in [0.3, 0.4) is 0 Å². The van der Waals surface area contributed by atoms with Crippen LogP contribution in [0.15, 0.2) is 70.3 Å². The molecule has 1 heterocycles. The normalized spacial score (nSPS) is 20.8. The number of halogens is 1. The van der Waals surface area contributed by atoms with Crippen molar-refractivity contribution in [2.75, 3.05) is 6.61 Å². The van der Waals surface area contributed by atoms with Gasteiger partial charge in [0.1, 0.15) is 6.10 Å². The van der Waals surface area contributed by atoms with Gasteiger partial charge in [-0.15, -0.1) is 0 Å². The van der Waals surface area contributed by atoms with Crippen LogP contribution in [0.4, 0.5) is 4.79 Å². The Bertz CT molecular complexity index is 868. The first-order valence-electron chi connectivity index (χ1n) is 10.7. The minimum absolute atomic E-state index is 0.101. The SMILES string of the molecule is C/C(I)=C\[C@@H](C)[C@H]1OC(=O)N[C@H]1CO[Si](c1ccccc1)(c1ccccc1)C(C)(C)C. The van der Waals surface area contributed by atoms with Crippen molar-refractivity contribution in [3.63, 3.8) is 0 Å². The van der Waals surface area contributed by atoms with Gasteiger partial charge in [0.15, 0.2) is 0 Å². The van der Waals surface area contributed by atoms with Gasteiger partial charge in [-0.1, -0.05) is 94.4 Å². The third kappa shape index (κ3) is 5.23. The minimum Gasteiger partial charge on any atom is -0.443 e. The van der Waals surface area contributed by atoms with E-state index in [0.717, 1.165) is 0 Å². The number of amides is 1. The third-order valence-corrected chi connectivity index (χ3v) is 11.2. The topological polar surface area (TPSA) is 47.6 Å². The summed E-state index contributed by atoms with van der Waals surface area (Å²) in [6.45, 7) is 11.3. The molecule has 0 aromatic heterocycles. The standard InChI is InChI=1S/C25H32INO3Si/c1-18(16-19(2)26)23-22(27-24(28)30-23)17-29-31(25(3,4)5,20-12-8-6-9-13-20)21-14-10-7-11-15-21/h6-16,18,22-23H,17H2,1-5H3,(H,27,28)/b19-16+/t18-,22+,23-/m1/s1. The molecular weight excluding hydrogens is 517 g/mol. The van der Waals surface area contributed by atoms with Gasteiger partial charge in [0.05, 0.1) is 12.6 Å².